The molecule has 0 N–H and O–H groups in total. The predicted octanol–water partition coefficient (Wildman–Crippen LogP) is -2.19. The van der Waals surface area contributed by atoms with Crippen molar-refractivity contribution in [2.24, 2.45) is 0 Å². The molecule has 0 bridgehead atoms. The lowest BCUT2D eigenvalue weighted by Crippen LogP contribution is -2.32. The molecule has 1 aliphatic rings. The van der Waals surface area contributed by atoms with Gasteiger partial charge < -0.3 is 23.4 Å². The molecule has 0 aliphatic carbocycles. The summed E-state index contributed by atoms with van der Waals surface area (Å²) >= 11 is 0. The monoisotopic (exact) mass is 270 g/mol. The van der Waals surface area contributed by atoms with Gasteiger partial charge >= 0.3 is 31.2 Å². The summed E-state index contributed by atoms with van der Waals surface area (Å²) in [5, 5.41) is 0. The van der Waals surface area contributed by atoms with Gasteiger partial charge in [-0.3, -0.25) is 4.79 Å². The van der Waals surface area contributed by atoms with E-state index in [1.807, 2.05) is 5.92 Å². The molecule has 0 spiro atoms. The van der Waals surface area contributed by atoms with Crippen LogP contribution in [-0.2, 0) is 42.6 Å². The Balaban J connectivity index is 2.53. The summed E-state index contributed by atoms with van der Waals surface area (Å²) in [6.07, 6.45) is 3.11. The third-order valence-electron chi connectivity index (χ3n) is 1.74. The molecule has 9 nitrogen and oxygen atoms in total. The van der Waals surface area contributed by atoms with E-state index in [0.29, 0.717) is 0 Å². The first-order chi connectivity index (χ1) is 8.99. The molecule has 0 aromatic heterocycles. The first kappa shape index (κ1) is 14.5. The smallest absolute Gasteiger partial charge is 0.471 e. The molecular formula is C9H7BO9. The van der Waals surface area contributed by atoms with Crippen LogP contribution >= 0.6 is 0 Å². The van der Waals surface area contributed by atoms with Gasteiger partial charge in [0.1, 0.15) is 0 Å². The Labute approximate surface area is 107 Å². The van der Waals surface area contributed by atoms with E-state index in [-0.39, 0.29) is 6.61 Å². The summed E-state index contributed by atoms with van der Waals surface area (Å²) in [5.41, 5.74) is 0. The van der Waals surface area contributed by atoms with Crippen LogP contribution in [0.5, 0.6) is 0 Å². The second-order valence-electron chi connectivity index (χ2n) is 2.95. The van der Waals surface area contributed by atoms with E-state index >= 15 is 0 Å². The number of carbonyl (C=O) groups excluding carboxylic acids is 4. The van der Waals surface area contributed by atoms with Crippen molar-refractivity contribution in [1.29, 1.82) is 0 Å². The zero-order chi connectivity index (χ0) is 14.4. The predicted molar refractivity (Wildman–Crippen MR) is 54.6 cm³/mol. The zero-order valence-electron chi connectivity index (χ0n) is 9.61. The number of ether oxygens (including phenoxy) is 2. The van der Waals surface area contributed by atoms with Crippen molar-refractivity contribution in [3.05, 3.63) is 0 Å². The molecule has 1 heterocycles. The molecule has 1 unspecified atom stereocenters. The molecule has 0 saturated carbocycles. The van der Waals surface area contributed by atoms with Crippen molar-refractivity contribution in [1.82, 2.24) is 0 Å². The van der Waals surface area contributed by atoms with Crippen molar-refractivity contribution >= 4 is 31.2 Å². The van der Waals surface area contributed by atoms with Crippen molar-refractivity contribution in [3.63, 3.8) is 0 Å². The van der Waals surface area contributed by atoms with Crippen LogP contribution in [0, 0.1) is 12.3 Å². The first-order valence-corrected chi connectivity index (χ1v) is 4.74. The summed E-state index contributed by atoms with van der Waals surface area (Å²) in [7, 11) is -0.882. The molecule has 100 valence electrons. The van der Waals surface area contributed by atoms with Crippen LogP contribution in [0.25, 0.3) is 0 Å². The summed E-state index contributed by atoms with van der Waals surface area (Å²) in [6, 6.07) is 0. The Hall–Kier alpha value is -2.54. The summed E-state index contributed by atoms with van der Waals surface area (Å²) in [5.74, 6) is -2.99. The van der Waals surface area contributed by atoms with Gasteiger partial charge in [0.25, 0.3) is 0 Å². The molecular weight excluding hydrogens is 263 g/mol. The van der Waals surface area contributed by atoms with Gasteiger partial charge in [0.15, 0.2) is 6.61 Å². The van der Waals surface area contributed by atoms with Crippen LogP contribution in [-0.4, -0.2) is 51.0 Å². The molecule has 0 aromatic carbocycles. The fraction of sp³-hybridized carbons (Fsp3) is 0.333. The Morgan fingerprint density at radius 1 is 1.42 bits per heavy atom. The van der Waals surface area contributed by atoms with Gasteiger partial charge in [0.2, 0.25) is 6.10 Å². The molecule has 1 aliphatic heterocycles. The number of esters is 2. The van der Waals surface area contributed by atoms with Gasteiger partial charge in [-0.25, -0.2) is 14.4 Å². The summed E-state index contributed by atoms with van der Waals surface area (Å²) in [6.45, 7) is -0.363. The molecule has 1 rings (SSSR count). The number of methoxy groups -OCH3 is 1. The molecule has 1 saturated heterocycles. The highest BCUT2D eigenvalue weighted by molar-refractivity contribution is 6.49. The third-order valence-corrected chi connectivity index (χ3v) is 1.74. The fourth-order valence-corrected chi connectivity index (χ4v) is 0.962. The largest absolute Gasteiger partial charge is 0.793 e. The van der Waals surface area contributed by atoms with Gasteiger partial charge in [-0.05, 0) is 0 Å². The SMILES string of the molecule is C#CCOC(=O)C1OB(OC(=O)C(=O)OC)OC1=O. The molecule has 0 amide bonds. The second-order valence-corrected chi connectivity index (χ2v) is 2.95. The van der Waals surface area contributed by atoms with Crippen LogP contribution in [0.15, 0.2) is 0 Å². The van der Waals surface area contributed by atoms with Crippen molar-refractivity contribution in [2.45, 2.75) is 6.10 Å². The Bertz CT molecular complexity index is 451. The maximum atomic E-state index is 11.3. The highest BCUT2D eigenvalue weighted by Gasteiger charge is 2.50. The van der Waals surface area contributed by atoms with E-state index in [0.717, 1.165) is 7.11 Å². The maximum absolute atomic E-state index is 11.3. The van der Waals surface area contributed by atoms with Gasteiger partial charge in [-0.2, -0.15) is 0 Å². The summed E-state index contributed by atoms with van der Waals surface area (Å²) in [4.78, 5) is 44.2. The number of rotatable bonds is 3. The van der Waals surface area contributed by atoms with E-state index < -0.39 is 37.3 Å². The van der Waals surface area contributed by atoms with Crippen LogP contribution < -0.4 is 0 Å². The average molecular weight is 270 g/mol. The Morgan fingerprint density at radius 2 is 2.11 bits per heavy atom. The van der Waals surface area contributed by atoms with Crippen LogP contribution in [0.3, 0.4) is 0 Å². The van der Waals surface area contributed by atoms with E-state index in [4.69, 9.17) is 6.42 Å². The molecule has 1 atom stereocenters. The number of hydrogen-bond donors (Lipinski definition) is 0. The highest BCUT2D eigenvalue weighted by atomic mass is 16.8. The van der Waals surface area contributed by atoms with Crippen molar-refractivity contribution in [2.75, 3.05) is 13.7 Å². The molecule has 10 heteroatoms. The minimum absolute atomic E-state index is 0.363. The van der Waals surface area contributed by atoms with Crippen LogP contribution in [0.4, 0.5) is 0 Å². The Morgan fingerprint density at radius 3 is 2.68 bits per heavy atom. The normalized spacial score (nSPS) is 17.2. The fourth-order valence-electron chi connectivity index (χ4n) is 0.962. The van der Waals surface area contributed by atoms with Gasteiger partial charge in [0.05, 0.1) is 7.11 Å². The number of terminal acetylenes is 1. The second kappa shape index (κ2) is 6.41. The highest BCUT2D eigenvalue weighted by Crippen LogP contribution is 2.13. The van der Waals surface area contributed by atoms with Crippen molar-refractivity contribution < 1.29 is 42.6 Å². The van der Waals surface area contributed by atoms with E-state index in [1.54, 1.807) is 0 Å². The average Bonchev–Trinajstić information content (AvgIpc) is 2.75. The van der Waals surface area contributed by atoms with E-state index in [1.165, 1.54) is 0 Å². The minimum Gasteiger partial charge on any atom is -0.471 e. The minimum atomic E-state index is -1.83. The zero-order valence-corrected chi connectivity index (χ0v) is 9.61. The van der Waals surface area contributed by atoms with Crippen molar-refractivity contribution in [3.8, 4) is 12.3 Å². The lowest BCUT2D eigenvalue weighted by Gasteiger charge is -2.05. The molecule has 19 heavy (non-hydrogen) atoms. The lowest BCUT2D eigenvalue weighted by atomic mass is 10.2. The standard InChI is InChI=1S/C9H7BO9/c1-3-4-16-6(11)5-7(12)18-10(17-5)19-9(14)8(13)15-2/h1,5H,4H2,2H3. The lowest BCUT2D eigenvalue weighted by molar-refractivity contribution is -0.162. The first-order valence-electron chi connectivity index (χ1n) is 4.74. The molecule has 0 aromatic rings. The maximum Gasteiger partial charge on any atom is 0.793 e. The van der Waals surface area contributed by atoms with E-state index in [9.17, 15) is 19.2 Å². The number of carbonyl (C=O) groups is 4. The van der Waals surface area contributed by atoms with Crippen LogP contribution in [0.2, 0.25) is 0 Å². The number of hydrogen-bond acceptors (Lipinski definition) is 9. The van der Waals surface area contributed by atoms with E-state index in [2.05, 4.69) is 23.4 Å². The van der Waals surface area contributed by atoms with Crippen LogP contribution in [0.1, 0.15) is 0 Å². The molecule has 0 radical (unpaired) electrons. The quantitative estimate of drug-likeness (QED) is 0.185. The Kier molecular flexibility index (Phi) is 4.90. The summed E-state index contributed by atoms with van der Waals surface area (Å²) < 4.78 is 21.8. The third kappa shape index (κ3) is 3.72. The molecule has 1 fully saturated rings. The van der Waals surface area contributed by atoms with Gasteiger partial charge in [-0.15, -0.1) is 6.42 Å². The van der Waals surface area contributed by atoms with Gasteiger partial charge in [-0.1, -0.05) is 5.92 Å². The van der Waals surface area contributed by atoms with Gasteiger partial charge in [0, 0.05) is 0 Å². The topological polar surface area (TPSA) is 114 Å².